The zero-order chi connectivity index (χ0) is 19.8. The summed E-state index contributed by atoms with van der Waals surface area (Å²) >= 11 is 5.26. The van der Waals surface area contributed by atoms with E-state index in [9.17, 15) is 9.59 Å². The maximum atomic E-state index is 13.2. The van der Waals surface area contributed by atoms with Gasteiger partial charge in [-0.25, -0.2) is 4.90 Å². The average Bonchev–Trinajstić information content (AvgIpc) is 3.01. The molecule has 1 aliphatic heterocycles. The van der Waals surface area contributed by atoms with Crippen LogP contribution in [0.5, 0.6) is 5.75 Å². The summed E-state index contributed by atoms with van der Waals surface area (Å²) in [5, 5.41) is 3.58. The van der Waals surface area contributed by atoms with Crippen LogP contribution in [0, 0.1) is 0 Å². The molecule has 1 N–H and O–H groups in total. The molecule has 4 rings (SSSR count). The third-order valence-corrected chi connectivity index (χ3v) is 4.94. The van der Waals surface area contributed by atoms with Crippen LogP contribution in [0.25, 0.3) is 17.0 Å². The van der Waals surface area contributed by atoms with E-state index in [4.69, 9.17) is 17.0 Å². The number of carbonyl (C=O) groups is 2. The molecule has 1 fully saturated rings. The highest BCUT2D eigenvalue weighted by atomic mass is 32.1. The van der Waals surface area contributed by atoms with E-state index >= 15 is 0 Å². The minimum atomic E-state index is -0.519. The lowest BCUT2D eigenvalue weighted by molar-refractivity contribution is -0.122. The molecule has 0 aliphatic carbocycles. The number of aryl methyl sites for hydroxylation is 1. The second-order valence-electron chi connectivity index (χ2n) is 6.34. The normalized spacial score (nSPS) is 16.0. The number of para-hydroxylation sites is 3. The number of aromatic nitrogens is 1. The number of carbonyl (C=O) groups excluding carboxylic acids is 2. The van der Waals surface area contributed by atoms with E-state index in [0.29, 0.717) is 11.4 Å². The summed E-state index contributed by atoms with van der Waals surface area (Å²) in [4.78, 5) is 27.0. The summed E-state index contributed by atoms with van der Waals surface area (Å²) in [6, 6.07) is 14.8. The summed E-state index contributed by atoms with van der Waals surface area (Å²) in [7, 11) is 3.44. The number of rotatable bonds is 3. The zero-order valence-electron chi connectivity index (χ0n) is 15.3. The Labute approximate surface area is 167 Å². The number of ether oxygens (including phenoxy) is 1. The highest BCUT2D eigenvalue weighted by molar-refractivity contribution is 7.80. The van der Waals surface area contributed by atoms with Crippen LogP contribution in [0.15, 0.2) is 60.3 Å². The number of benzene rings is 2. The second kappa shape index (κ2) is 6.94. The molecule has 2 amide bonds. The van der Waals surface area contributed by atoms with Gasteiger partial charge in [0.05, 0.1) is 12.8 Å². The van der Waals surface area contributed by atoms with Crippen molar-refractivity contribution in [3.8, 4) is 5.75 Å². The number of nitrogens with zero attached hydrogens (tertiary/aromatic N) is 2. The van der Waals surface area contributed by atoms with Crippen LogP contribution in [0.4, 0.5) is 5.69 Å². The quantitative estimate of drug-likeness (QED) is 0.424. The van der Waals surface area contributed by atoms with Gasteiger partial charge < -0.3 is 9.30 Å². The van der Waals surface area contributed by atoms with Crippen molar-refractivity contribution in [2.75, 3.05) is 12.0 Å². The van der Waals surface area contributed by atoms with E-state index in [-0.39, 0.29) is 10.7 Å². The first kappa shape index (κ1) is 17.9. The largest absolute Gasteiger partial charge is 0.495 e. The minimum Gasteiger partial charge on any atom is -0.495 e. The molecule has 7 heteroatoms. The molecule has 0 saturated carbocycles. The highest BCUT2D eigenvalue weighted by Crippen LogP contribution is 2.31. The van der Waals surface area contributed by atoms with Crippen LogP contribution in [0.2, 0.25) is 0 Å². The maximum Gasteiger partial charge on any atom is 0.270 e. The summed E-state index contributed by atoms with van der Waals surface area (Å²) in [6.07, 6.45) is 3.49. The van der Waals surface area contributed by atoms with Crippen LogP contribution < -0.4 is 15.0 Å². The summed E-state index contributed by atoms with van der Waals surface area (Å²) < 4.78 is 7.30. The first-order valence-electron chi connectivity index (χ1n) is 8.60. The standard InChI is InChI=1S/C21H17N3O3S/c1-23-12-13(14-7-3-4-8-16(14)23)11-15-19(25)22-21(28)24(20(15)26)17-9-5-6-10-18(17)27-2/h3-12H,1-2H3,(H,22,25,28)/b15-11+. The molecule has 1 saturated heterocycles. The molecule has 0 radical (unpaired) electrons. The molecule has 1 aromatic heterocycles. The van der Waals surface area contributed by atoms with Gasteiger partial charge in [-0.05, 0) is 36.5 Å². The summed E-state index contributed by atoms with van der Waals surface area (Å²) in [6.45, 7) is 0. The fourth-order valence-corrected chi connectivity index (χ4v) is 3.61. The second-order valence-corrected chi connectivity index (χ2v) is 6.73. The Morgan fingerprint density at radius 2 is 1.79 bits per heavy atom. The Kier molecular flexibility index (Phi) is 4.44. The highest BCUT2D eigenvalue weighted by Gasteiger charge is 2.35. The van der Waals surface area contributed by atoms with Crippen LogP contribution in [-0.2, 0) is 16.6 Å². The van der Waals surface area contributed by atoms with Gasteiger partial charge in [-0.2, -0.15) is 0 Å². The van der Waals surface area contributed by atoms with Crippen LogP contribution in [0.3, 0.4) is 0 Å². The fraction of sp³-hybridized carbons (Fsp3) is 0.0952. The number of hydrogen-bond donors (Lipinski definition) is 1. The Balaban J connectivity index is 1.83. The van der Waals surface area contributed by atoms with Gasteiger partial charge in [0.1, 0.15) is 11.3 Å². The van der Waals surface area contributed by atoms with Gasteiger partial charge in [-0.15, -0.1) is 0 Å². The summed E-state index contributed by atoms with van der Waals surface area (Å²) in [5.41, 5.74) is 2.28. The predicted molar refractivity (Wildman–Crippen MR) is 112 cm³/mol. The molecule has 0 unspecified atom stereocenters. The van der Waals surface area contributed by atoms with Gasteiger partial charge in [-0.3, -0.25) is 14.9 Å². The Morgan fingerprint density at radius 1 is 1.07 bits per heavy atom. The van der Waals surface area contributed by atoms with Crippen molar-refractivity contribution in [3.05, 3.63) is 65.9 Å². The van der Waals surface area contributed by atoms with E-state index in [0.717, 1.165) is 16.5 Å². The Bertz CT molecular complexity index is 1160. The van der Waals surface area contributed by atoms with E-state index in [2.05, 4.69) is 5.32 Å². The third-order valence-electron chi connectivity index (χ3n) is 4.66. The molecular formula is C21H17N3O3S. The van der Waals surface area contributed by atoms with E-state index in [1.807, 2.05) is 42.1 Å². The van der Waals surface area contributed by atoms with Gasteiger partial charge in [-0.1, -0.05) is 30.3 Å². The lowest BCUT2D eigenvalue weighted by Crippen LogP contribution is -2.54. The first-order chi connectivity index (χ1) is 13.5. The molecule has 0 bridgehead atoms. The third kappa shape index (κ3) is 2.86. The van der Waals surface area contributed by atoms with Crippen LogP contribution in [0.1, 0.15) is 5.56 Å². The molecule has 6 nitrogen and oxygen atoms in total. The minimum absolute atomic E-state index is 0.0101. The molecule has 3 aromatic rings. The predicted octanol–water partition coefficient (Wildman–Crippen LogP) is 3.02. The number of amides is 2. The summed E-state index contributed by atoms with van der Waals surface area (Å²) in [5.74, 6) is -0.529. The smallest absolute Gasteiger partial charge is 0.270 e. The van der Waals surface area contributed by atoms with E-state index in [1.54, 1.807) is 30.3 Å². The molecule has 0 atom stereocenters. The number of nitrogens with one attached hydrogen (secondary N) is 1. The van der Waals surface area contributed by atoms with Crippen LogP contribution >= 0.6 is 12.2 Å². The van der Waals surface area contributed by atoms with Gasteiger partial charge in [0, 0.05) is 29.7 Å². The zero-order valence-corrected chi connectivity index (χ0v) is 16.1. The number of methoxy groups -OCH3 is 1. The molecule has 140 valence electrons. The topological polar surface area (TPSA) is 63.6 Å². The molecule has 28 heavy (non-hydrogen) atoms. The maximum absolute atomic E-state index is 13.2. The molecular weight excluding hydrogens is 374 g/mol. The van der Waals surface area contributed by atoms with Crippen molar-refractivity contribution in [1.82, 2.24) is 9.88 Å². The monoisotopic (exact) mass is 391 g/mol. The van der Waals surface area contributed by atoms with Crippen molar-refractivity contribution in [2.24, 2.45) is 7.05 Å². The van der Waals surface area contributed by atoms with E-state index in [1.165, 1.54) is 12.0 Å². The SMILES string of the molecule is COc1ccccc1N1C(=O)/C(=C/c2cn(C)c3ccccc23)C(=O)NC1=S. The Morgan fingerprint density at radius 3 is 2.57 bits per heavy atom. The average molecular weight is 391 g/mol. The van der Waals surface area contributed by atoms with Crippen molar-refractivity contribution in [1.29, 1.82) is 0 Å². The van der Waals surface area contributed by atoms with Gasteiger partial charge in [0.25, 0.3) is 11.8 Å². The molecule has 0 spiro atoms. The number of fused-ring (bicyclic) bond motifs is 1. The number of anilines is 1. The Hall–Kier alpha value is -3.45. The molecule has 2 aromatic carbocycles. The molecule has 1 aliphatic rings. The number of hydrogen-bond acceptors (Lipinski definition) is 4. The van der Waals surface area contributed by atoms with Crippen molar-refractivity contribution >= 4 is 51.8 Å². The fourth-order valence-electron chi connectivity index (χ4n) is 3.33. The van der Waals surface area contributed by atoms with E-state index < -0.39 is 11.8 Å². The van der Waals surface area contributed by atoms with Gasteiger partial charge in [0.2, 0.25) is 0 Å². The first-order valence-corrected chi connectivity index (χ1v) is 9.00. The number of thiocarbonyl (C=S) groups is 1. The van der Waals surface area contributed by atoms with Crippen molar-refractivity contribution < 1.29 is 14.3 Å². The van der Waals surface area contributed by atoms with Crippen molar-refractivity contribution in [3.63, 3.8) is 0 Å². The lowest BCUT2D eigenvalue weighted by atomic mass is 10.1. The van der Waals surface area contributed by atoms with Crippen LogP contribution in [-0.4, -0.2) is 28.6 Å². The molecule has 2 heterocycles. The van der Waals surface area contributed by atoms with Crippen molar-refractivity contribution in [2.45, 2.75) is 0 Å². The van der Waals surface area contributed by atoms with Gasteiger partial charge in [0.15, 0.2) is 5.11 Å². The lowest BCUT2D eigenvalue weighted by Gasteiger charge is -2.29. The van der Waals surface area contributed by atoms with Gasteiger partial charge >= 0.3 is 0 Å².